The summed E-state index contributed by atoms with van der Waals surface area (Å²) in [4.78, 5) is 38.8. The van der Waals surface area contributed by atoms with E-state index in [4.69, 9.17) is 21.1 Å². The van der Waals surface area contributed by atoms with E-state index in [1.165, 1.54) is 19.2 Å². The first-order valence-electron chi connectivity index (χ1n) is 9.57. The standard InChI is InChI=1S/C23H17ClFNO5S/c1-12(13-4-3-5-15(24)8-13)31-16-6-7-17(25)18(10-16)26-19(27)9-14-11-32-21(23(29)30-2)20(14)22(26)28/h3-8,10-12H,9H2,1-2H3. The predicted octanol–water partition coefficient (Wildman–Crippen LogP) is 5.20. The summed E-state index contributed by atoms with van der Waals surface area (Å²) >= 11 is 7.04. The third-order valence-electron chi connectivity index (χ3n) is 5.04. The number of carbonyl (C=O) groups excluding carboxylic acids is 3. The Hall–Kier alpha value is -3.23. The number of halogens is 2. The topological polar surface area (TPSA) is 72.9 Å². The Labute approximate surface area is 192 Å². The molecular weight excluding hydrogens is 457 g/mol. The number of methoxy groups -OCH3 is 1. The Balaban J connectivity index is 1.68. The van der Waals surface area contributed by atoms with Crippen LogP contribution in [-0.2, 0) is 16.0 Å². The number of rotatable bonds is 5. The molecule has 0 spiro atoms. The minimum atomic E-state index is -0.781. The number of hydrogen-bond acceptors (Lipinski definition) is 6. The van der Waals surface area contributed by atoms with E-state index in [1.807, 2.05) is 6.07 Å². The highest BCUT2D eigenvalue weighted by atomic mass is 35.5. The van der Waals surface area contributed by atoms with Gasteiger partial charge in [-0.25, -0.2) is 14.1 Å². The average molecular weight is 474 g/mol. The highest BCUT2D eigenvalue weighted by Crippen LogP contribution is 2.35. The lowest BCUT2D eigenvalue weighted by Crippen LogP contribution is -2.43. The molecule has 2 aromatic carbocycles. The molecular formula is C23H17ClFNO5S. The van der Waals surface area contributed by atoms with Crippen molar-refractivity contribution in [3.8, 4) is 5.75 Å². The second-order valence-corrected chi connectivity index (χ2v) is 8.41. The second-order valence-electron chi connectivity index (χ2n) is 7.10. The van der Waals surface area contributed by atoms with E-state index in [0.29, 0.717) is 10.6 Å². The maximum atomic E-state index is 14.7. The van der Waals surface area contributed by atoms with Crippen molar-refractivity contribution in [1.82, 2.24) is 0 Å². The van der Waals surface area contributed by atoms with Crippen molar-refractivity contribution in [1.29, 1.82) is 0 Å². The molecule has 1 unspecified atom stereocenters. The third kappa shape index (κ3) is 3.99. The van der Waals surface area contributed by atoms with Crippen LogP contribution in [0.15, 0.2) is 47.8 Å². The van der Waals surface area contributed by atoms with Crippen LogP contribution in [0, 0.1) is 5.82 Å². The summed E-state index contributed by atoms with van der Waals surface area (Å²) in [6.07, 6.45) is -0.563. The number of anilines is 1. The first kappa shape index (κ1) is 22.0. The number of benzene rings is 2. The Morgan fingerprint density at radius 1 is 1.22 bits per heavy atom. The molecule has 3 aromatic rings. The fraction of sp³-hybridized carbons (Fsp3) is 0.174. The van der Waals surface area contributed by atoms with E-state index < -0.39 is 29.7 Å². The summed E-state index contributed by atoms with van der Waals surface area (Å²) in [5.41, 5.74) is 1.03. The number of imide groups is 1. The maximum Gasteiger partial charge on any atom is 0.348 e. The van der Waals surface area contributed by atoms with Crippen molar-refractivity contribution in [3.63, 3.8) is 0 Å². The van der Waals surface area contributed by atoms with Crippen molar-refractivity contribution in [3.05, 3.63) is 80.3 Å². The molecule has 9 heteroatoms. The fourth-order valence-electron chi connectivity index (χ4n) is 3.48. The number of hydrogen-bond donors (Lipinski definition) is 0. The van der Waals surface area contributed by atoms with E-state index in [1.54, 1.807) is 30.5 Å². The zero-order valence-electron chi connectivity index (χ0n) is 17.1. The van der Waals surface area contributed by atoms with Crippen molar-refractivity contribution in [2.24, 2.45) is 0 Å². The molecule has 164 valence electrons. The highest BCUT2D eigenvalue weighted by Gasteiger charge is 2.38. The molecule has 1 aromatic heterocycles. The van der Waals surface area contributed by atoms with E-state index in [2.05, 4.69) is 0 Å². The Morgan fingerprint density at radius 2 is 2.00 bits per heavy atom. The third-order valence-corrected chi connectivity index (χ3v) is 6.28. The van der Waals surface area contributed by atoms with Gasteiger partial charge in [-0.3, -0.25) is 9.59 Å². The number of thiophene rings is 1. The summed E-state index contributed by atoms with van der Waals surface area (Å²) in [7, 11) is 1.20. The van der Waals surface area contributed by atoms with E-state index in [0.717, 1.165) is 27.9 Å². The second kappa shape index (κ2) is 8.72. The lowest BCUT2D eigenvalue weighted by molar-refractivity contribution is -0.117. The molecule has 0 saturated carbocycles. The van der Waals surface area contributed by atoms with Crippen LogP contribution in [0.5, 0.6) is 5.75 Å². The number of ether oxygens (including phenoxy) is 2. The first-order chi connectivity index (χ1) is 15.3. The number of fused-ring (bicyclic) bond motifs is 1. The van der Waals surface area contributed by atoms with Gasteiger partial charge in [0.05, 0.1) is 24.8 Å². The average Bonchev–Trinajstić information content (AvgIpc) is 3.19. The molecule has 0 aliphatic carbocycles. The molecule has 32 heavy (non-hydrogen) atoms. The first-order valence-corrected chi connectivity index (χ1v) is 10.8. The highest BCUT2D eigenvalue weighted by molar-refractivity contribution is 7.12. The summed E-state index contributed by atoms with van der Waals surface area (Å²) in [6.45, 7) is 1.80. The minimum Gasteiger partial charge on any atom is -0.486 e. The Kier molecular flexibility index (Phi) is 5.99. The molecule has 0 radical (unpaired) electrons. The van der Waals surface area contributed by atoms with Gasteiger partial charge in [0.2, 0.25) is 5.91 Å². The maximum absolute atomic E-state index is 14.7. The van der Waals surface area contributed by atoms with Gasteiger partial charge in [0, 0.05) is 11.1 Å². The van der Waals surface area contributed by atoms with Gasteiger partial charge in [-0.15, -0.1) is 11.3 Å². The molecule has 0 N–H and O–H groups in total. The van der Waals surface area contributed by atoms with Gasteiger partial charge in [0.15, 0.2) is 0 Å². The van der Waals surface area contributed by atoms with Gasteiger partial charge in [-0.05, 0) is 47.7 Å². The van der Waals surface area contributed by atoms with Crippen LogP contribution in [0.3, 0.4) is 0 Å². The van der Waals surface area contributed by atoms with E-state index in [9.17, 15) is 18.8 Å². The zero-order valence-corrected chi connectivity index (χ0v) is 18.6. The Morgan fingerprint density at radius 3 is 2.72 bits per heavy atom. The van der Waals surface area contributed by atoms with Crippen LogP contribution in [0.25, 0.3) is 0 Å². The van der Waals surface area contributed by atoms with Crippen molar-refractivity contribution < 1.29 is 28.2 Å². The molecule has 0 bridgehead atoms. The molecule has 0 saturated heterocycles. The van der Waals surface area contributed by atoms with Gasteiger partial charge in [-0.1, -0.05) is 23.7 Å². The molecule has 6 nitrogen and oxygen atoms in total. The molecule has 4 rings (SSSR count). The fourth-order valence-corrected chi connectivity index (χ4v) is 4.66. The van der Waals surface area contributed by atoms with Crippen LogP contribution >= 0.6 is 22.9 Å². The van der Waals surface area contributed by atoms with Crippen LogP contribution in [-0.4, -0.2) is 24.9 Å². The summed E-state index contributed by atoms with van der Waals surface area (Å²) < 4.78 is 25.4. The molecule has 2 heterocycles. The van der Waals surface area contributed by atoms with Gasteiger partial charge in [0.25, 0.3) is 5.91 Å². The van der Waals surface area contributed by atoms with Crippen LogP contribution < -0.4 is 9.64 Å². The van der Waals surface area contributed by atoms with Crippen molar-refractivity contribution in [2.75, 3.05) is 12.0 Å². The van der Waals surface area contributed by atoms with Crippen LogP contribution in [0.1, 0.15) is 44.2 Å². The van der Waals surface area contributed by atoms with Gasteiger partial charge >= 0.3 is 5.97 Å². The zero-order chi connectivity index (χ0) is 23.0. The molecule has 1 atom stereocenters. The lowest BCUT2D eigenvalue weighted by atomic mass is 10.0. The lowest BCUT2D eigenvalue weighted by Gasteiger charge is -2.26. The number of carbonyl (C=O) groups is 3. The molecule has 2 amide bonds. The molecule has 0 fully saturated rings. The van der Waals surface area contributed by atoms with Gasteiger partial charge < -0.3 is 9.47 Å². The summed E-state index contributed by atoms with van der Waals surface area (Å²) in [5, 5.41) is 2.12. The largest absolute Gasteiger partial charge is 0.486 e. The van der Waals surface area contributed by atoms with E-state index in [-0.39, 0.29) is 28.3 Å². The number of amides is 2. The smallest absolute Gasteiger partial charge is 0.348 e. The number of esters is 1. The molecule has 1 aliphatic heterocycles. The van der Waals surface area contributed by atoms with Crippen molar-refractivity contribution >= 4 is 46.4 Å². The number of nitrogens with zero attached hydrogens (tertiary/aromatic N) is 1. The minimum absolute atomic E-state index is 0.0551. The Bertz CT molecular complexity index is 1240. The van der Waals surface area contributed by atoms with E-state index >= 15 is 0 Å². The van der Waals surface area contributed by atoms with Gasteiger partial charge in [-0.2, -0.15) is 0 Å². The monoisotopic (exact) mass is 473 g/mol. The normalized spacial score (nSPS) is 14.2. The summed E-state index contributed by atoms with van der Waals surface area (Å²) in [5.74, 6) is -2.58. The van der Waals surface area contributed by atoms with Gasteiger partial charge in [0.1, 0.15) is 22.5 Å². The molecule has 1 aliphatic rings. The quantitative estimate of drug-likeness (QED) is 0.376. The van der Waals surface area contributed by atoms with Crippen molar-refractivity contribution in [2.45, 2.75) is 19.4 Å². The SMILES string of the molecule is COC(=O)c1scc2c1C(=O)N(c1cc(OC(C)c3cccc(Cl)c3)ccc1F)C(=O)C2. The predicted molar refractivity (Wildman–Crippen MR) is 118 cm³/mol. The summed E-state index contributed by atoms with van der Waals surface area (Å²) in [6, 6.07) is 10.9. The van der Waals surface area contributed by atoms with Crippen LogP contribution in [0.2, 0.25) is 5.02 Å². The van der Waals surface area contributed by atoms with Crippen LogP contribution in [0.4, 0.5) is 10.1 Å².